The molecule has 0 bridgehead atoms. The fourth-order valence-corrected chi connectivity index (χ4v) is 3.05. The monoisotopic (exact) mass is 418 g/mol. The van der Waals surface area contributed by atoms with Gasteiger partial charge in [0, 0.05) is 12.1 Å². The third-order valence-corrected chi connectivity index (χ3v) is 4.52. The van der Waals surface area contributed by atoms with E-state index in [1.807, 2.05) is 44.2 Å². The molecule has 0 aliphatic carbocycles. The molecule has 0 spiro atoms. The number of anilines is 1. The minimum Gasteiger partial charge on any atom is -0.490 e. The second-order valence-corrected chi connectivity index (χ2v) is 6.70. The Bertz CT molecular complexity index is 1030. The normalized spacial score (nSPS) is 10.3. The van der Waals surface area contributed by atoms with Crippen LogP contribution in [0.2, 0.25) is 0 Å². The summed E-state index contributed by atoms with van der Waals surface area (Å²) in [7, 11) is 0. The van der Waals surface area contributed by atoms with Gasteiger partial charge in [-0.2, -0.15) is 0 Å². The highest BCUT2D eigenvalue weighted by molar-refractivity contribution is 6.09. The number of para-hydroxylation sites is 1. The van der Waals surface area contributed by atoms with Crippen LogP contribution in [0.15, 0.2) is 72.8 Å². The highest BCUT2D eigenvalue weighted by atomic mass is 16.5. The summed E-state index contributed by atoms with van der Waals surface area (Å²) in [5, 5.41) is 5.72. The summed E-state index contributed by atoms with van der Waals surface area (Å²) in [5.41, 5.74) is 2.23. The third kappa shape index (κ3) is 5.85. The Hall–Kier alpha value is -3.80. The molecule has 2 N–H and O–H groups in total. The van der Waals surface area contributed by atoms with E-state index in [0.717, 1.165) is 5.56 Å². The maximum Gasteiger partial charge on any atom is 0.255 e. The summed E-state index contributed by atoms with van der Waals surface area (Å²) in [6.45, 7) is 5.11. The molecule has 0 saturated heterocycles. The van der Waals surface area contributed by atoms with Gasteiger partial charge in [-0.15, -0.1) is 0 Å². The Kier molecular flexibility index (Phi) is 7.65. The van der Waals surface area contributed by atoms with Crippen molar-refractivity contribution >= 4 is 17.5 Å². The van der Waals surface area contributed by atoms with Gasteiger partial charge in [0.15, 0.2) is 11.5 Å². The molecule has 3 aromatic rings. The lowest BCUT2D eigenvalue weighted by molar-refractivity contribution is 0.0952. The standard InChI is InChI=1S/C25H26N2O4/c1-3-30-22-15-14-19(16-23(22)31-4-2)24(28)27-21-13-9-8-12-20(21)25(29)26-17-18-10-6-5-7-11-18/h5-16H,3-4,17H2,1-2H3,(H,26,29)(H,27,28). The summed E-state index contributed by atoms with van der Waals surface area (Å²) in [5.74, 6) is 0.487. The average molecular weight is 418 g/mol. The van der Waals surface area contributed by atoms with E-state index in [1.54, 1.807) is 42.5 Å². The molecule has 0 unspecified atom stereocenters. The van der Waals surface area contributed by atoms with Gasteiger partial charge in [-0.25, -0.2) is 0 Å². The largest absolute Gasteiger partial charge is 0.490 e. The number of rotatable bonds is 9. The van der Waals surface area contributed by atoms with Crippen molar-refractivity contribution in [3.05, 3.63) is 89.5 Å². The van der Waals surface area contributed by atoms with Crippen molar-refractivity contribution in [2.45, 2.75) is 20.4 Å². The van der Waals surface area contributed by atoms with Crippen LogP contribution in [0, 0.1) is 0 Å². The average Bonchev–Trinajstić information content (AvgIpc) is 2.80. The summed E-state index contributed by atoms with van der Waals surface area (Å²) in [6.07, 6.45) is 0. The molecule has 0 saturated carbocycles. The summed E-state index contributed by atoms with van der Waals surface area (Å²) < 4.78 is 11.1. The van der Waals surface area contributed by atoms with Crippen LogP contribution in [0.5, 0.6) is 11.5 Å². The molecule has 0 aromatic heterocycles. The van der Waals surface area contributed by atoms with Crippen molar-refractivity contribution in [2.75, 3.05) is 18.5 Å². The molecule has 0 atom stereocenters. The fraction of sp³-hybridized carbons (Fsp3) is 0.200. The van der Waals surface area contributed by atoms with E-state index in [9.17, 15) is 9.59 Å². The van der Waals surface area contributed by atoms with E-state index in [0.29, 0.717) is 48.1 Å². The first-order valence-corrected chi connectivity index (χ1v) is 10.2. The molecule has 2 amide bonds. The summed E-state index contributed by atoms with van der Waals surface area (Å²) in [6, 6.07) is 21.6. The van der Waals surface area contributed by atoms with Gasteiger partial charge in [0.05, 0.1) is 24.5 Å². The third-order valence-electron chi connectivity index (χ3n) is 4.52. The Morgan fingerprint density at radius 2 is 1.45 bits per heavy atom. The number of amides is 2. The zero-order chi connectivity index (χ0) is 22.1. The van der Waals surface area contributed by atoms with Crippen LogP contribution >= 0.6 is 0 Å². The van der Waals surface area contributed by atoms with E-state index in [1.165, 1.54) is 0 Å². The van der Waals surface area contributed by atoms with E-state index in [4.69, 9.17) is 9.47 Å². The van der Waals surface area contributed by atoms with E-state index < -0.39 is 0 Å². The second-order valence-electron chi connectivity index (χ2n) is 6.70. The second kappa shape index (κ2) is 10.8. The van der Waals surface area contributed by atoms with Crippen molar-refractivity contribution in [1.82, 2.24) is 5.32 Å². The first-order chi connectivity index (χ1) is 15.1. The Labute approximate surface area is 182 Å². The first-order valence-electron chi connectivity index (χ1n) is 10.2. The number of carbonyl (C=O) groups excluding carboxylic acids is 2. The molecule has 6 heteroatoms. The quantitative estimate of drug-likeness (QED) is 0.530. The maximum atomic E-state index is 12.9. The van der Waals surface area contributed by atoms with Crippen LogP contribution in [0.25, 0.3) is 0 Å². The van der Waals surface area contributed by atoms with E-state index >= 15 is 0 Å². The molecule has 0 radical (unpaired) electrons. The van der Waals surface area contributed by atoms with Gasteiger partial charge < -0.3 is 20.1 Å². The van der Waals surface area contributed by atoms with Crippen LogP contribution < -0.4 is 20.1 Å². The van der Waals surface area contributed by atoms with Gasteiger partial charge in [-0.3, -0.25) is 9.59 Å². The Morgan fingerprint density at radius 3 is 2.19 bits per heavy atom. The van der Waals surface area contributed by atoms with Gasteiger partial charge in [0.1, 0.15) is 0 Å². The van der Waals surface area contributed by atoms with Crippen molar-refractivity contribution in [1.29, 1.82) is 0 Å². The van der Waals surface area contributed by atoms with Gasteiger partial charge in [0.2, 0.25) is 0 Å². The lowest BCUT2D eigenvalue weighted by atomic mass is 10.1. The van der Waals surface area contributed by atoms with Gasteiger partial charge in [-0.1, -0.05) is 42.5 Å². The first kappa shape index (κ1) is 21.9. The smallest absolute Gasteiger partial charge is 0.255 e. The Balaban J connectivity index is 1.74. The van der Waals surface area contributed by atoms with Crippen LogP contribution in [0.3, 0.4) is 0 Å². The zero-order valence-electron chi connectivity index (χ0n) is 17.7. The highest BCUT2D eigenvalue weighted by Crippen LogP contribution is 2.29. The molecular weight excluding hydrogens is 392 g/mol. The van der Waals surface area contributed by atoms with Crippen molar-refractivity contribution in [3.63, 3.8) is 0 Å². The van der Waals surface area contributed by atoms with Crippen LogP contribution in [-0.4, -0.2) is 25.0 Å². The number of hydrogen-bond acceptors (Lipinski definition) is 4. The molecule has 3 aromatic carbocycles. The molecule has 0 aliphatic rings. The van der Waals surface area contributed by atoms with Crippen molar-refractivity contribution in [2.24, 2.45) is 0 Å². The highest BCUT2D eigenvalue weighted by Gasteiger charge is 2.16. The topological polar surface area (TPSA) is 76.7 Å². The number of carbonyl (C=O) groups is 2. The summed E-state index contributed by atoms with van der Waals surface area (Å²) >= 11 is 0. The van der Waals surface area contributed by atoms with Gasteiger partial charge in [-0.05, 0) is 49.7 Å². The van der Waals surface area contributed by atoms with Crippen LogP contribution in [0.4, 0.5) is 5.69 Å². The predicted octanol–water partition coefficient (Wildman–Crippen LogP) is 4.67. The minimum atomic E-state index is -0.340. The predicted molar refractivity (Wildman–Crippen MR) is 121 cm³/mol. The number of benzene rings is 3. The van der Waals surface area contributed by atoms with Crippen LogP contribution in [0.1, 0.15) is 40.1 Å². The maximum absolute atomic E-state index is 12.9. The molecular formula is C25H26N2O4. The molecule has 31 heavy (non-hydrogen) atoms. The lowest BCUT2D eigenvalue weighted by Gasteiger charge is -2.14. The number of nitrogens with one attached hydrogen (secondary N) is 2. The van der Waals surface area contributed by atoms with Crippen molar-refractivity contribution in [3.8, 4) is 11.5 Å². The fourth-order valence-electron chi connectivity index (χ4n) is 3.05. The van der Waals surface area contributed by atoms with E-state index in [-0.39, 0.29) is 11.8 Å². The number of hydrogen-bond donors (Lipinski definition) is 2. The van der Waals surface area contributed by atoms with Crippen molar-refractivity contribution < 1.29 is 19.1 Å². The molecule has 0 fully saturated rings. The number of ether oxygens (including phenoxy) is 2. The van der Waals surface area contributed by atoms with E-state index in [2.05, 4.69) is 10.6 Å². The zero-order valence-corrected chi connectivity index (χ0v) is 17.7. The Morgan fingerprint density at radius 1 is 0.774 bits per heavy atom. The molecule has 6 nitrogen and oxygen atoms in total. The van der Waals surface area contributed by atoms with Gasteiger partial charge in [0.25, 0.3) is 11.8 Å². The molecule has 160 valence electrons. The molecule has 3 rings (SSSR count). The van der Waals surface area contributed by atoms with Gasteiger partial charge >= 0.3 is 0 Å². The molecule has 0 heterocycles. The summed E-state index contributed by atoms with van der Waals surface area (Å²) in [4.78, 5) is 25.6. The lowest BCUT2D eigenvalue weighted by Crippen LogP contribution is -2.24. The van der Waals surface area contributed by atoms with Crippen LogP contribution in [-0.2, 0) is 6.54 Å². The SMILES string of the molecule is CCOc1ccc(C(=O)Nc2ccccc2C(=O)NCc2ccccc2)cc1OCC. The minimum absolute atomic E-state index is 0.263. The molecule has 0 aliphatic heterocycles.